The third-order valence-corrected chi connectivity index (χ3v) is 3.23. The summed E-state index contributed by atoms with van der Waals surface area (Å²) in [4.78, 5) is 2.19. The van der Waals surface area contributed by atoms with Gasteiger partial charge in [0, 0.05) is 24.0 Å². The number of nitrogens with two attached hydrogens (primary N) is 1. The van der Waals surface area contributed by atoms with E-state index in [0.29, 0.717) is 13.0 Å². The van der Waals surface area contributed by atoms with Gasteiger partial charge in [0.2, 0.25) is 0 Å². The van der Waals surface area contributed by atoms with Crippen molar-refractivity contribution in [2.45, 2.75) is 13.3 Å². The second-order valence-electron chi connectivity index (χ2n) is 4.08. The zero-order valence-corrected chi connectivity index (χ0v) is 12.6. The van der Waals surface area contributed by atoms with Crippen molar-refractivity contribution in [1.82, 2.24) is 4.90 Å². The summed E-state index contributed by atoms with van der Waals surface area (Å²) in [6.45, 7) is 5.16. The second-order valence-corrected chi connectivity index (χ2v) is 5.00. The normalized spacial score (nSPS) is 11.8. The standard InChI is InChI=1S/C13H20BrN3O2/c1-2-17(7-6-13(15)16-18)8-9-19-12-5-3-4-11(14)10-12/h3-5,10,18H,2,6-9H2,1H3,(H2,15,16). The van der Waals surface area contributed by atoms with Gasteiger partial charge in [0.05, 0.1) is 0 Å². The molecule has 1 aromatic rings. The van der Waals surface area contributed by atoms with E-state index in [1.807, 2.05) is 24.3 Å². The highest BCUT2D eigenvalue weighted by Gasteiger charge is 2.04. The molecule has 0 aliphatic carbocycles. The Labute approximate surface area is 122 Å². The number of oxime groups is 1. The van der Waals surface area contributed by atoms with Gasteiger partial charge in [-0.15, -0.1) is 0 Å². The molecule has 0 unspecified atom stereocenters. The first-order valence-corrected chi connectivity index (χ1v) is 7.02. The Kier molecular flexibility index (Phi) is 7.28. The molecular formula is C13H20BrN3O2. The van der Waals surface area contributed by atoms with Crippen molar-refractivity contribution < 1.29 is 9.94 Å². The minimum Gasteiger partial charge on any atom is -0.492 e. The Morgan fingerprint density at radius 2 is 2.26 bits per heavy atom. The van der Waals surface area contributed by atoms with E-state index in [4.69, 9.17) is 15.7 Å². The fraction of sp³-hybridized carbons (Fsp3) is 0.462. The van der Waals surface area contributed by atoms with E-state index < -0.39 is 0 Å². The summed E-state index contributed by atoms with van der Waals surface area (Å²) in [6.07, 6.45) is 0.557. The van der Waals surface area contributed by atoms with Crippen molar-refractivity contribution in [3.8, 4) is 5.75 Å². The molecule has 0 fully saturated rings. The largest absolute Gasteiger partial charge is 0.492 e. The number of hydrogen-bond acceptors (Lipinski definition) is 4. The van der Waals surface area contributed by atoms with Gasteiger partial charge in [0.1, 0.15) is 18.2 Å². The van der Waals surface area contributed by atoms with E-state index in [1.54, 1.807) is 0 Å². The van der Waals surface area contributed by atoms with Crippen molar-refractivity contribution in [2.75, 3.05) is 26.2 Å². The third kappa shape index (κ3) is 6.45. The lowest BCUT2D eigenvalue weighted by atomic mass is 10.3. The number of nitrogens with zero attached hydrogens (tertiary/aromatic N) is 2. The van der Waals surface area contributed by atoms with Crippen molar-refractivity contribution in [2.24, 2.45) is 10.9 Å². The highest BCUT2D eigenvalue weighted by Crippen LogP contribution is 2.17. The molecule has 0 radical (unpaired) electrons. The van der Waals surface area contributed by atoms with Crippen LogP contribution in [0.4, 0.5) is 0 Å². The zero-order valence-electron chi connectivity index (χ0n) is 11.1. The van der Waals surface area contributed by atoms with Crippen LogP contribution in [0.3, 0.4) is 0 Å². The van der Waals surface area contributed by atoms with Crippen molar-refractivity contribution in [3.05, 3.63) is 28.7 Å². The van der Waals surface area contributed by atoms with Crippen LogP contribution in [0.15, 0.2) is 33.9 Å². The number of benzene rings is 1. The molecule has 1 rings (SSSR count). The van der Waals surface area contributed by atoms with E-state index in [2.05, 4.69) is 32.9 Å². The van der Waals surface area contributed by atoms with Crippen LogP contribution in [-0.2, 0) is 0 Å². The minimum absolute atomic E-state index is 0.256. The van der Waals surface area contributed by atoms with Gasteiger partial charge in [-0.1, -0.05) is 34.1 Å². The summed E-state index contributed by atoms with van der Waals surface area (Å²) in [5.74, 6) is 1.10. The van der Waals surface area contributed by atoms with Crippen LogP contribution in [0.1, 0.15) is 13.3 Å². The first kappa shape index (κ1) is 15.8. The maximum atomic E-state index is 8.49. The van der Waals surface area contributed by atoms with E-state index >= 15 is 0 Å². The maximum absolute atomic E-state index is 8.49. The Morgan fingerprint density at radius 1 is 1.47 bits per heavy atom. The van der Waals surface area contributed by atoms with Gasteiger partial charge in [-0.25, -0.2) is 0 Å². The van der Waals surface area contributed by atoms with E-state index in [-0.39, 0.29) is 5.84 Å². The Hall–Kier alpha value is -1.27. The summed E-state index contributed by atoms with van der Waals surface area (Å²) in [5, 5.41) is 11.5. The van der Waals surface area contributed by atoms with E-state index in [9.17, 15) is 0 Å². The zero-order chi connectivity index (χ0) is 14.1. The van der Waals surface area contributed by atoms with Gasteiger partial charge >= 0.3 is 0 Å². The average molecular weight is 330 g/mol. The number of halogens is 1. The minimum atomic E-state index is 0.256. The molecule has 19 heavy (non-hydrogen) atoms. The molecule has 0 saturated heterocycles. The summed E-state index contributed by atoms with van der Waals surface area (Å²) in [5.41, 5.74) is 5.45. The van der Waals surface area contributed by atoms with Crippen molar-refractivity contribution in [1.29, 1.82) is 0 Å². The predicted molar refractivity (Wildman–Crippen MR) is 79.8 cm³/mol. The molecule has 106 valence electrons. The topological polar surface area (TPSA) is 71.1 Å². The number of likely N-dealkylation sites (N-methyl/N-ethyl adjacent to an activating group) is 1. The lowest BCUT2D eigenvalue weighted by Crippen LogP contribution is -2.31. The Morgan fingerprint density at radius 3 is 2.89 bits per heavy atom. The highest BCUT2D eigenvalue weighted by molar-refractivity contribution is 9.10. The lowest BCUT2D eigenvalue weighted by Gasteiger charge is -2.20. The van der Waals surface area contributed by atoms with E-state index in [0.717, 1.165) is 29.9 Å². The van der Waals surface area contributed by atoms with Crippen LogP contribution < -0.4 is 10.5 Å². The number of ether oxygens (including phenoxy) is 1. The van der Waals surface area contributed by atoms with Gasteiger partial charge in [0.25, 0.3) is 0 Å². The fourth-order valence-corrected chi connectivity index (χ4v) is 1.98. The first-order chi connectivity index (χ1) is 9.15. The van der Waals surface area contributed by atoms with Gasteiger partial charge in [-0.3, -0.25) is 4.90 Å². The molecule has 5 nitrogen and oxygen atoms in total. The molecule has 1 aromatic carbocycles. The van der Waals surface area contributed by atoms with Crippen LogP contribution >= 0.6 is 15.9 Å². The van der Waals surface area contributed by atoms with Crippen LogP contribution in [-0.4, -0.2) is 42.2 Å². The molecule has 0 amide bonds. The van der Waals surface area contributed by atoms with Crippen molar-refractivity contribution in [3.63, 3.8) is 0 Å². The average Bonchev–Trinajstić information content (AvgIpc) is 2.42. The predicted octanol–water partition coefficient (Wildman–Crippen LogP) is 2.29. The monoisotopic (exact) mass is 329 g/mol. The fourth-order valence-electron chi connectivity index (χ4n) is 1.60. The smallest absolute Gasteiger partial charge is 0.140 e. The molecule has 6 heteroatoms. The van der Waals surface area contributed by atoms with Crippen LogP contribution in [0.25, 0.3) is 0 Å². The van der Waals surface area contributed by atoms with Crippen LogP contribution in [0.5, 0.6) is 5.75 Å². The molecule has 0 aliphatic heterocycles. The lowest BCUT2D eigenvalue weighted by molar-refractivity contribution is 0.218. The van der Waals surface area contributed by atoms with Gasteiger partial charge < -0.3 is 15.7 Å². The first-order valence-electron chi connectivity index (χ1n) is 6.22. The molecule has 0 spiro atoms. The van der Waals surface area contributed by atoms with Gasteiger partial charge in [0.15, 0.2) is 0 Å². The van der Waals surface area contributed by atoms with Gasteiger partial charge in [-0.2, -0.15) is 0 Å². The molecule has 3 N–H and O–H groups in total. The molecule has 0 aliphatic rings. The summed E-state index contributed by atoms with van der Waals surface area (Å²) in [6, 6.07) is 7.77. The van der Waals surface area contributed by atoms with Crippen LogP contribution in [0, 0.1) is 0 Å². The molecule has 0 bridgehead atoms. The van der Waals surface area contributed by atoms with Crippen molar-refractivity contribution >= 4 is 21.8 Å². The number of amidine groups is 1. The molecule has 0 atom stereocenters. The Bertz CT molecular complexity index is 413. The summed E-state index contributed by atoms with van der Waals surface area (Å²) >= 11 is 3.40. The summed E-state index contributed by atoms with van der Waals surface area (Å²) in [7, 11) is 0. The van der Waals surface area contributed by atoms with E-state index in [1.165, 1.54) is 0 Å². The second kappa shape index (κ2) is 8.77. The quantitative estimate of drug-likeness (QED) is 0.332. The molecule has 0 aromatic heterocycles. The molecule has 0 heterocycles. The van der Waals surface area contributed by atoms with Crippen LogP contribution in [0.2, 0.25) is 0 Å². The molecule has 0 saturated carbocycles. The molecular weight excluding hydrogens is 310 g/mol. The Balaban J connectivity index is 2.29. The number of hydrogen-bond donors (Lipinski definition) is 2. The highest BCUT2D eigenvalue weighted by atomic mass is 79.9. The SMILES string of the molecule is CCN(CCOc1cccc(Br)c1)CC/C(N)=N/O. The number of rotatable bonds is 8. The summed E-state index contributed by atoms with van der Waals surface area (Å²) < 4.78 is 6.67. The maximum Gasteiger partial charge on any atom is 0.140 e. The third-order valence-electron chi connectivity index (χ3n) is 2.73. The van der Waals surface area contributed by atoms with Gasteiger partial charge in [-0.05, 0) is 24.7 Å².